The van der Waals surface area contributed by atoms with Crippen molar-refractivity contribution in [3.05, 3.63) is 30.1 Å². The quantitative estimate of drug-likeness (QED) is 0.706. The maximum absolute atomic E-state index is 4.57. The molecule has 1 aromatic heterocycles. The van der Waals surface area contributed by atoms with E-state index < -0.39 is 0 Å². The molecule has 2 rings (SSSR count). The molecule has 0 aliphatic heterocycles. The summed E-state index contributed by atoms with van der Waals surface area (Å²) in [5.74, 6) is 0. The number of aromatic nitrogens is 2. The molecule has 2 aromatic rings. The Morgan fingerprint density at radius 1 is 1.19 bits per heavy atom. The van der Waals surface area contributed by atoms with Gasteiger partial charge in [-0.1, -0.05) is 32.9 Å². The molecule has 0 N–H and O–H groups in total. The predicted octanol–water partition coefficient (Wildman–Crippen LogP) is 3.91. The highest BCUT2D eigenvalue weighted by Crippen LogP contribution is 2.29. The topological polar surface area (TPSA) is 17.8 Å². The molecule has 0 radical (unpaired) electrons. The van der Waals surface area contributed by atoms with Gasteiger partial charge in [-0.15, -0.1) is 0 Å². The molecule has 2 nitrogen and oxygen atoms in total. The van der Waals surface area contributed by atoms with Crippen molar-refractivity contribution in [2.75, 3.05) is 0 Å². The number of nitrogens with zero attached hydrogens (tertiary/aromatic N) is 2. The van der Waals surface area contributed by atoms with Gasteiger partial charge >= 0.3 is 0 Å². The van der Waals surface area contributed by atoms with Crippen LogP contribution >= 0.6 is 0 Å². The molecular weight excluding hydrogens is 196 g/mol. The summed E-state index contributed by atoms with van der Waals surface area (Å²) in [4.78, 5) is 4.57. The SMILES string of the molecule is CC(C)n1cnc2c(C(C)(C)C)cccc21. The Kier molecular flexibility index (Phi) is 2.53. The molecule has 0 atom stereocenters. The Hall–Kier alpha value is -1.31. The van der Waals surface area contributed by atoms with E-state index in [9.17, 15) is 0 Å². The second-order valence-electron chi connectivity index (χ2n) is 5.67. The lowest BCUT2D eigenvalue weighted by Crippen LogP contribution is -2.11. The average molecular weight is 216 g/mol. The van der Waals surface area contributed by atoms with E-state index in [1.54, 1.807) is 0 Å². The number of hydrogen-bond acceptors (Lipinski definition) is 1. The van der Waals surface area contributed by atoms with Crippen molar-refractivity contribution in [1.29, 1.82) is 0 Å². The van der Waals surface area contributed by atoms with Gasteiger partial charge in [-0.25, -0.2) is 4.98 Å². The minimum absolute atomic E-state index is 0.148. The zero-order valence-electron chi connectivity index (χ0n) is 10.8. The van der Waals surface area contributed by atoms with Gasteiger partial charge in [0.15, 0.2) is 0 Å². The summed E-state index contributed by atoms with van der Waals surface area (Å²) in [6.45, 7) is 11.1. The van der Waals surface area contributed by atoms with E-state index >= 15 is 0 Å². The minimum atomic E-state index is 0.148. The molecule has 86 valence electrons. The lowest BCUT2D eigenvalue weighted by molar-refractivity contribution is 0.594. The van der Waals surface area contributed by atoms with Crippen LogP contribution in [0.1, 0.15) is 46.2 Å². The summed E-state index contributed by atoms with van der Waals surface area (Å²) in [5, 5.41) is 0. The van der Waals surface area contributed by atoms with Gasteiger partial charge in [0, 0.05) is 6.04 Å². The Labute approximate surface area is 97.3 Å². The molecule has 2 heteroatoms. The number of fused-ring (bicyclic) bond motifs is 1. The van der Waals surface area contributed by atoms with Crippen LogP contribution in [0.3, 0.4) is 0 Å². The molecule has 0 saturated heterocycles. The molecule has 16 heavy (non-hydrogen) atoms. The van der Waals surface area contributed by atoms with Crippen LogP contribution in [0.4, 0.5) is 0 Å². The van der Waals surface area contributed by atoms with Gasteiger partial charge in [0.2, 0.25) is 0 Å². The molecular formula is C14H20N2. The number of hydrogen-bond donors (Lipinski definition) is 0. The monoisotopic (exact) mass is 216 g/mol. The number of para-hydroxylation sites is 1. The average Bonchev–Trinajstić information content (AvgIpc) is 2.58. The van der Waals surface area contributed by atoms with E-state index in [-0.39, 0.29) is 5.41 Å². The summed E-state index contributed by atoms with van der Waals surface area (Å²) in [6.07, 6.45) is 1.95. The van der Waals surface area contributed by atoms with Crippen LogP contribution in [0, 0.1) is 0 Å². The molecule has 1 aromatic carbocycles. The standard InChI is InChI=1S/C14H20N2/c1-10(2)16-9-15-13-11(14(3,4)5)7-6-8-12(13)16/h6-10H,1-5H3. The smallest absolute Gasteiger partial charge is 0.0960 e. The van der Waals surface area contributed by atoms with Gasteiger partial charge in [-0.05, 0) is 30.9 Å². The summed E-state index contributed by atoms with van der Waals surface area (Å²) < 4.78 is 2.23. The molecule has 0 fully saturated rings. The van der Waals surface area contributed by atoms with Crippen LogP contribution in [-0.4, -0.2) is 9.55 Å². The van der Waals surface area contributed by atoms with Crippen LogP contribution in [-0.2, 0) is 5.41 Å². The Morgan fingerprint density at radius 3 is 2.44 bits per heavy atom. The molecule has 0 spiro atoms. The maximum Gasteiger partial charge on any atom is 0.0960 e. The summed E-state index contributed by atoms with van der Waals surface area (Å²) in [6, 6.07) is 6.92. The van der Waals surface area contributed by atoms with E-state index in [0.717, 1.165) is 5.52 Å². The second kappa shape index (κ2) is 3.62. The van der Waals surface area contributed by atoms with Crippen molar-refractivity contribution in [2.24, 2.45) is 0 Å². The third kappa shape index (κ3) is 1.73. The number of benzene rings is 1. The van der Waals surface area contributed by atoms with Crippen molar-refractivity contribution in [3.63, 3.8) is 0 Å². The second-order valence-corrected chi connectivity index (χ2v) is 5.67. The van der Waals surface area contributed by atoms with Gasteiger partial charge in [0.05, 0.1) is 17.4 Å². The van der Waals surface area contributed by atoms with Gasteiger partial charge in [-0.3, -0.25) is 0 Å². The van der Waals surface area contributed by atoms with Crippen LogP contribution in [0.5, 0.6) is 0 Å². The molecule has 0 amide bonds. The highest BCUT2D eigenvalue weighted by molar-refractivity contribution is 5.80. The molecule has 0 saturated carbocycles. The third-order valence-electron chi connectivity index (χ3n) is 2.97. The maximum atomic E-state index is 4.57. The largest absolute Gasteiger partial charge is 0.328 e. The zero-order valence-corrected chi connectivity index (χ0v) is 10.8. The highest BCUT2D eigenvalue weighted by Gasteiger charge is 2.19. The predicted molar refractivity (Wildman–Crippen MR) is 68.8 cm³/mol. The van der Waals surface area contributed by atoms with E-state index in [1.807, 2.05) is 6.33 Å². The van der Waals surface area contributed by atoms with Crippen LogP contribution in [0.25, 0.3) is 11.0 Å². The van der Waals surface area contributed by atoms with Crippen LogP contribution in [0.2, 0.25) is 0 Å². The fourth-order valence-corrected chi connectivity index (χ4v) is 2.07. The fourth-order valence-electron chi connectivity index (χ4n) is 2.07. The van der Waals surface area contributed by atoms with Crippen molar-refractivity contribution in [2.45, 2.75) is 46.1 Å². The van der Waals surface area contributed by atoms with Crippen LogP contribution < -0.4 is 0 Å². The van der Waals surface area contributed by atoms with Gasteiger partial charge in [0.1, 0.15) is 0 Å². The van der Waals surface area contributed by atoms with Gasteiger partial charge < -0.3 is 4.57 Å². The molecule has 1 heterocycles. The summed E-state index contributed by atoms with van der Waals surface area (Å²) in [5.41, 5.74) is 3.85. The fraction of sp³-hybridized carbons (Fsp3) is 0.500. The van der Waals surface area contributed by atoms with E-state index in [0.29, 0.717) is 6.04 Å². The number of rotatable bonds is 1. The third-order valence-corrected chi connectivity index (χ3v) is 2.97. The first-order chi connectivity index (χ1) is 7.41. The highest BCUT2D eigenvalue weighted by atomic mass is 15.1. The Morgan fingerprint density at radius 2 is 1.88 bits per heavy atom. The summed E-state index contributed by atoms with van der Waals surface area (Å²) in [7, 11) is 0. The number of imidazole rings is 1. The molecule has 0 aliphatic carbocycles. The van der Waals surface area contributed by atoms with E-state index in [1.165, 1.54) is 11.1 Å². The molecule has 0 unspecified atom stereocenters. The lowest BCUT2D eigenvalue weighted by atomic mass is 9.86. The Bertz CT molecular complexity index is 501. The van der Waals surface area contributed by atoms with Crippen molar-refractivity contribution < 1.29 is 0 Å². The van der Waals surface area contributed by atoms with Crippen molar-refractivity contribution >= 4 is 11.0 Å². The van der Waals surface area contributed by atoms with Crippen LogP contribution in [0.15, 0.2) is 24.5 Å². The van der Waals surface area contributed by atoms with Crippen molar-refractivity contribution in [1.82, 2.24) is 9.55 Å². The first-order valence-corrected chi connectivity index (χ1v) is 5.87. The lowest BCUT2D eigenvalue weighted by Gasteiger charge is -2.19. The molecule has 0 bridgehead atoms. The van der Waals surface area contributed by atoms with E-state index in [4.69, 9.17) is 0 Å². The first kappa shape index (κ1) is 11.2. The summed E-state index contributed by atoms with van der Waals surface area (Å²) >= 11 is 0. The molecule has 0 aliphatic rings. The van der Waals surface area contributed by atoms with E-state index in [2.05, 4.69) is 62.4 Å². The first-order valence-electron chi connectivity index (χ1n) is 5.87. The van der Waals surface area contributed by atoms with Gasteiger partial charge in [0.25, 0.3) is 0 Å². The minimum Gasteiger partial charge on any atom is -0.328 e. The van der Waals surface area contributed by atoms with Gasteiger partial charge in [-0.2, -0.15) is 0 Å². The van der Waals surface area contributed by atoms with Crippen molar-refractivity contribution in [3.8, 4) is 0 Å². The Balaban J connectivity index is 2.72. The normalized spacial score (nSPS) is 12.6. The zero-order chi connectivity index (χ0) is 11.9.